The van der Waals surface area contributed by atoms with Crippen LogP contribution in [0.2, 0.25) is 0 Å². The minimum Gasteiger partial charge on any atom is -0.466 e. The number of hydrogen-bond acceptors (Lipinski definition) is 4. The third kappa shape index (κ3) is 2.37. The number of hydrogen-bond donors (Lipinski definition) is 0. The maximum Gasteiger partial charge on any atom is 0.309 e. The van der Waals surface area contributed by atoms with Gasteiger partial charge in [-0.3, -0.25) is 14.4 Å². The molecule has 0 bridgehead atoms. The zero-order valence-corrected chi connectivity index (χ0v) is 7.54. The summed E-state index contributed by atoms with van der Waals surface area (Å²) in [5.74, 6) is -1.56. The van der Waals surface area contributed by atoms with Gasteiger partial charge in [0.05, 0.1) is 12.5 Å². The van der Waals surface area contributed by atoms with Crippen LogP contribution in [-0.2, 0) is 19.1 Å². The number of ketones is 2. The normalized spacial score (nSPS) is 23.0. The van der Waals surface area contributed by atoms with Crippen LogP contribution in [-0.4, -0.2) is 24.1 Å². The lowest BCUT2D eigenvalue weighted by Gasteiger charge is -2.17. The van der Waals surface area contributed by atoms with Gasteiger partial charge in [0, 0.05) is 12.8 Å². The molecule has 0 aromatic rings. The summed E-state index contributed by atoms with van der Waals surface area (Å²) in [7, 11) is 0. The molecule has 0 radical (unpaired) electrons. The summed E-state index contributed by atoms with van der Waals surface area (Å²) in [6.07, 6.45) is 0.656. The molecule has 0 amide bonds. The Hall–Kier alpha value is -1.19. The SMILES string of the molecule is CCOC(=O)C1CCC(=O)C(=O)C1. The third-order valence-electron chi connectivity index (χ3n) is 2.08. The van der Waals surface area contributed by atoms with Crippen LogP contribution in [0.5, 0.6) is 0 Å². The van der Waals surface area contributed by atoms with Crippen molar-refractivity contribution in [1.29, 1.82) is 0 Å². The molecular formula is C9H12O4. The molecule has 4 heteroatoms. The zero-order valence-electron chi connectivity index (χ0n) is 7.54. The highest BCUT2D eigenvalue weighted by Gasteiger charge is 2.31. The highest BCUT2D eigenvalue weighted by Crippen LogP contribution is 2.20. The molecular weight excluding hydrogens is 172 g/mol. The maximum absolute atomic E-state index is 11.2. The average Bonchev–Trinajstić information content (AvgIpc) is 2.10. The van der Waals surface area contributed by atoms with E-state index in [0.717, 1.165) is 0 Å². The maximum atomic E-state index is 11.2. The van der Waals surface area contributed by atoms with E-state index in [4.69, 9.17) is 4.74 Å². The van der Waals surface area contributed by atoms with Gasteiger partial charge in [-0.15, -0.1) is 0 Å². The Labute approximate surface area is 76.3 Å². The molecule has 1 rings (SSSR count). The number of esters is 1. The van der Waals surface area contributed by atoms with Crippen LogP contribution in [0.25, 0.3) is 0 Å². The van der Waals surface area contributed by atoms with Gasteiger partial charge in [0.25, 0.3) is 0 Å². The second-order valence-corrected chi connectivity index (χ2v) is 3.04. The van der Waals surface area contributed by atoms with Crippen molar-refractivity contribution in [2.45, 2.75) is 26.2 Å². The van der Waals surface area contributed by atoms with Gasteiger partial charge in [0.15, 0.2) is 11.6 Å². The van der Waals surface area contributed by atoms with E-state index in [-0.39, 0.29) is 24.6 Å². The molecule has 0 aromatic heterocycles. The molecule has 1 aliphatic carbocycles. The molecule has 1 saturated carbocycles. The van der Waals surface area contributed by atoms with Crippen LogP contribution in [0.1, 0.15) is 26.2 Å². The first kappa shape index (κ1) is 9.89. The molecule has 4 nitrogen and oxygen atoms in total. The third-order valence-corrected chi connectivity index (χ3v) is 2.08. The zero-order chi connectivity index (χ0) is 9.84. The number of carbonyl (C=O) groups is 3. The first-order chi connectivity index (χ1) is 6.15. The van der Waals surface area contributed by atoms with E-state index in [1.54, 1.807) is 6.92 Å². The fourth-order valence-electron chi connectivity index (χ4n) is 1.35. The Morgan fingerprint density at radius 1 is 1.46 bits per heavy atom. The van der Waals surface area contributed by atoms with Gasteiger partial charge >= 0.3 is 5.97 Å². The van der Waals surface area contributed by atoms with Crippen molar-refractivity contribution in [2.75, 3.05) is 6.61 Å². The van der Waals surface area contributed by atoms with Crippen LogP contribution < -0.4 is 0 Å². The van der Waals surface area contributed by atoms with E-state index < -0.39 is 11.7 Å². The lowest BCUT2D eigenvalue weighted by Crippen LogP contribution is -2.30. The molecule has 13 heavy (non-hydrogen) atoms. The molecule has 72 valence electrons. The minimum absolute atomic E-state index is 0.0255. The smallest absolute Gasteiger partial charge is 0.309 e. The molecule has 0 spiro atoms. The fourth-order valence-corrected chi connectivity index (χ4v) is 1.35. The first-order valence-corrected chi connectivity index (χ1v) is 4.37. The molecule has 1 fully saturated rings. The standard InChI is InChI=1S/C9H12O4/c1-2-13-9(12)6-3-4-7(10)8(11)5-6/h6H,2-5H2,1H3. The monoisotopic (exact) mass is 184 g/mol. The van der Waals surface area contributed by atoms with Crippen molar-refractivity contribution in [2.24, 2.45) is 5.92 Å². The van der Waals surface area contributed by atoms with Gasteiger partial charge < -0.3 is 4.74 Å². The molecule has 1 atom stereocenters. The van der Waals surface area contributed by atoms with Gasteiger partial charge in [0.1, 0.15) is 0 Å². The summed E-state index contributed by atoms with van der Waals surface area (Å²) >= 11 is 0. The van der Waals surface area contributed by atoms with Crippen molar-refractivity contribution in [1.82, 2.24) is 0 Å². The molecule has 0 heterocycles. The topological polar surface area (TPSA) is 60.4 Å². The van der Waals surface area contributed by atoms with Crippen LogP contribution in [0, 0.1) is 5.92 Å². The summed E-state index contributed by atoms with van der Waals surface area (Å²) in [6, 6.07) is 0. The Morgan fingerprint density at radius 3 is 2.69 bits per heavy atom. The Morgan fingerprint density at radius 2 is 2.15 bits per heavy atom. The van der Waals surface area contributed by atoms with E-state index in [0.29, 0.717) is 13.0 Å². The van der Waals surface area contributed by atoms with Crippen LogP contribution in [0.3, 0.4) is 0 Å². The predicted molar refractivity (Wildman–Crippen MR) is 44.0 cm³/mol. The molecule has 0 N–H and O–H groups in total. The van der Waals surface area contributed by atoms with Gasteiger partial charge in [-0.1, -0.05) is 0 Å². The van der Waals surface area contributed by atoms with E-state index in [2.05, 4.69) is 0 Å². The quantitative estimate of drug-likeness (QED) is 0.463. The van der Waals surface area contributed by atoms with Crippen LogP contribution in [0.4, 0.5) is 0 Å². The van der Waals surface area contributed by atoms with Crippen molar-refractivity contribution >= 4 is 17.5 Å². The Bertz CT molecular complexity index is 244. The minimum atomic E-state index is -0.440. The summed E-state index contributed by atoms with van der Waals surface area (Å²) in [5.41, 5.74) is 0. The van der Waals surface area contributed by atoms with Crippen LogP contribution in [0.15, 0.2) is 0 Å². The lowest BCUT2D eigenvalue weighted by molar-refractivity contribution is -0.152. The second-order valence-electron chi connectivity index (χ2n) is 3.04. The van der Waals surface area contributed by atoms with E-state index in [1.807, 2.05) is 0 Å². The summed E-state index contributed by atoms with van der Waals surface area (Å²) in [4.78, 5) is 32.9. The van der Waals surface area contributed by atoms with Crippen molar-refractivity contribution < 1.29 is 19.1 Å². The van der Waals surface area contributed by atoms with E-state index in [1.165, 1.54) is 0 Å². The van der Waals surface area contributed by atoms with Gasteiger partial charge in [0.2, 0.25) is 0 Å². The van der Waals surface area contributed by atoms with Crippen molar-refractivity contribution in [3.05, 3.63) is 0 Å². The summed E-state index contributed by atoms with van der Waals surface area (Å²) in [5, 5.41) is 0. The molecule has 0 saturated heterocycles. The molecule has 0 aromatic carbocycles. The number of ether oxygens (including phenoxy) is 1. The highest BCUT2D eigenvalue weighted by molar-refractivity contribution is 6.38. The fraction of sp³-hybridized carbons (Fsp3) is 0.667. The summed E-state index contributed by atoms with van der Waals surface area (Å²) in [6.45, 7) is 2.03. The van der Waals surface area contributed by atoms with Crippen molar-refractivity contribution in [3.63, 3.8) is 0 Å². The van der Waals surface area contributed by atoms with E-state index >= 15 is 0 Å². The van der Waals surface area contributed by atoms with Crippen LogP contribution >= 0.6 is 0 Å². The predicted octanol–water partition coefficient (Wildman–Crippen LogP) is 0.488. The first-order valence-electron chi connectivity index (χ1n) is 4.37. The second kappa shape index (κ2) is 4.16. The molecule has 1 unspecified atom stereocenters. The largest absolute Gasteiger partial charge is 0.466 e. The summed E-state index contributed by atoms with van der Waals surface area (Å²) < 4.78 is 4.76. The van der Waals surface area contributed by atoms with E-state index in [9.17, 15) is 14.4 Å². The highest BCUT2D eigenvalue weighted by atomic mass is 16.5. The number of rotatable bonds is 2. The number of Topliss-reactive ketones (excluding diaryl/α,β-unsaturated/α-hetero) is 2. The lowest BCUT2D eigenvalue weighted by atomic mass is 9.87. The molecule has 1 aliphatic rings. The van der Waals surface area contributed by atoms with Gasteiger partial charge in [-0.05, 0) is 13.3 Å². The Balaban J connectivity index is 2.50. The number of carbonyl (C=O) groups excluding carboxylic acids is 3. The average molecular weight is 184 g/mol. The van der Waals surface area contributed by atoms with Gasteiger partial charge in [-0.2, -0.15) is 0 Å². The molecule has 0 aliphatic heterocycles. The Kier molecular flexibility index (Phi) is 3.17. The van der Waals surface area contributed by atoms with Gasteiger partial charge in [-0.25, -0.2) is 0 Å². The van der Waals surface area contributed by atoms with Crippen molar-refractivity contribution in [3.8, 4) is 0 Å².